The van der Waals surface area contributed by atoms with Crippen LogP contribution in [0.4, 0.5) is 0 Å². The highest BCUT2D eigenvalue weighted by atomic mass is 16.1. The highest BCUT2D eigenvalue weighted by Crippen LogP contribution is 2.14. The van der Waals surface area contributed by atoms with Crippen molar-refractivity contribution in [1.82, 2.24) is 4.57 Å². The number of aryl methyl sites for hydroxylation is 1. The number of rotatable bonds is 4. The number of hydrogen-bond donors (Lipinski definition) is 0. The molecule has 2 aromatic rings. The van der Waals surface area contributed by atoms with E-state index in [0.29, 0.717) is 12.1 Å². The molecule has 0 aliphatic heterocycles. The van der Waals surface area contributed by atoms with Crippen LogP contribution in [-0.4, -0.2) is 10.4 Å². The lowest BCUT2D eigenvalue weighted by atomic mass is 10.0. The first-order valence-electron chi connectivity index (χ1n) is 6.71. The van der Waals surface area contributed by atoms with Crippen LogP contribution in [0.1, 0.15) is 40.9 Å². The summed E-state index contributed by atoms with van der Waals surface area (Å²) in [6, 6.07) is 9.68. The van der Waals surface area contributed by atoms with Crippen LogP contribution in [0.2, 0.25) is 0 Å². The fraction of sp³-hybridized carbons (Fsp3) is 0.294. The third kappa shape index (κ3) is 2.97. The predicted octanol–water partition coefficient (Wildman–Crippen LogP) is 3.56. The van der Waals surface area contributed by atoms with Crippen molar-refractivity contribution in [2.24, 2.45) is 5.92 Å². The number of benzene rings is 1. The van der Waals surface area contributed by atoms with Crippen molar-refractivity contribution < 1.29 is 4.79 Å². The van der Waals surface area contributed by atoms with Gasteiger partial charge in [-0.05, 0) is 36.2 Å². The van der Waals surface area contributed by atoms with E-state index in [0.717, 1.165) is 16.7 Å². The fourth-order valence-electron chi connectivity index (χ4n) is 2.16. The quantitative estimate of drug-likeness (QED) is 0.794. The maximum absolute atomic E-state index is 11.9. The van der Waals surface area contributed by atoms with Crippen molar-refractivity contribution in [3.63, 3.8) is 0 Å². The summed E-state index contributed by atoms with van der Waals surface area (Å²) in [4.78, 5) is 11.9. The van der Waals surface area contributed by atoms with Crippen LogP contribution in [0, 0.1) is 24.2 Å². The summed E-state index contributed by atoms with van der Waals surface area (Å²) in [7, 11) is 0. The predicted molar refractivity (Wildman–Crippen MR) is 78.6 cm³/mol. The van der Waals surface area contributed by atoms with E-state index in [1.807, 2.05) is 62.0 Å². The number of carbonyl (C=O) groups excluding carboxylic acids is 1. The number of hydrogen-bond acceptors (Lipinski definition) is 2. The number of ketones is 1. The van der Waals surface area contributed by atoms with Crippen molar-refractivity contribution >= 4 is 5.78 Å². The minimum atomic E-state index is 0.0162. The van der Waals surface area contributed by atoms with E-state index in [-0.39, 0.29) is 11.7 Å². The fourth-order valence-corrected chi connectivity index (χ4v) is 2.16. The molecule has 0 aliphatic carbocycles. The molecular formula is C17H18N2O. The van der Waals surface area contributed by atoms with Gasteiger partial charge in [0.25, 0.3) is 0 Å². The molecule has 102 valence electrons. The van der Waals surface area contributed by atoms with Gasteiger partial charge in [-0.25, -0.2) is 0 Å². The summed E-state index contributed by atoms with van der Waals surface area (Å²) in [6.45, 7) is 6.53. The van der Waals surface area contributed by atoms with Crippen LogP contribution in [0.5, 0.6) is 0 Å². The number of carbonyl (C=O) groups is 1. The van der Waals surface area contributed by atoms with Gasteiger partial charge in [-0.1, -0.05) is 19.9 Å². The summed E-state index contributed by atoms with van der Waals surface area (Å²) in [5.74, 6) is 0.183. The van der Waals surface area contributed by atoms with E-state index in [1.165, 1.54) is 0 Å². The molecule has 2 rings (SSSR count). The molecule has 0 spiro atoms. The lowest BCUT2D eigenvalue weighted by Gasteiger charge is -2.07. The highest BCUT2D eigenvalue weighted by molar-refractivity contribution is 5.97. The van der Waals surface area contributed by atoms with Crippen LogP contribution in [-0.2, 0) is 6.54 Å². The molecule has 0 fully saturated rings. The second-order valence-corrected chi connectivity index (χ2v) is 5.34. The van der Waals surface area contributed by atoms with E-state index in [2.05, 4.69) is 6.07 Å². The Hall–Kier alpha value is -2.34. The topological polar surface area (TPSA) is 45.8 Å². The standard InChI is InChI=1S/C17H18N2O/c1-12(2)17(20)16-6-7-19(11-16)10-15-5-4-14(9-18)8-13(15)3/h4-8,11-12H,10H2,1-3H3. The van der Waals surface area contributed by atoms with E-state index in [9.17, 15) is 4.79 Å². The van der Waals surface area contributed by atoms with Gasteiger partial charge in [-0.2, -0.15) is 5.26 Å². The summed E-state index contributed by atoms with van der Waals surface area (Å²) in [5.41, 5.74) is 3.68. The van der Waals surface area contributed by atoms with Crippen LogP contribution < -0.4 is 0 Å². The number of Topliss-reactive ketones (excluding diaryl/α,β-unsaturated/α-hetero) is 1. The van der Waals surface area contributed by atoms with Crippen molar-refractivity contribution in [2.75, 3.05) is 0 Å². The summed E-state index contributed by atoms with van der Waals surface area (Å²) in [6.07, 6.45) is 3.81. The van der Waals surface area contributed by atoms with Gasteiger partial charge in [-0.15, -0.1) is 0 Å². The first-order valence-corrected chi connectivity index (χ1v) is 6.71. The molecule has 0 N–H and O–H groups in total. The van der Waals surface area contributed by atoms with Crippen LogP contribution in [0.25, 0.3) is 0 Å². The second kappa shape index (κ2) is 5.75. The first kappa shape index (κ1) is 14.1. The van der Waals surface area contributed by atoms with Crippen molar-refractivity contribution in [1.29, 1.82) is 5.26 Å². The third-order valence-electron chi connectivity index (χ3n) is 3.38. The molecular weight excluding hydrogens is 248 g/mol. The highest BCUT2D eigenvalue weighted by Gasteiger charge is 2.11. The molecule has 20 heavy (non-hydrogen) atoms. The van der Waals surface area contributed by atoms with E-state index in [1.54, 1.807) is 0 Å². The van der Waals surface area contributed by atoms with Gasteiger partial charge in [0.1, 0.15) is 0 Å². The molecule has 3 heteroatoms. The zero-order valence-corrected chi connectivity index (χ0v) is 12.1. The minimum Gasteiger partial charge on any atom is -0.349 e. The van der Waals surface area contributed by atoms with Gasteiger partial charge in [0, 0.05) is 30.4 Å². The minimum absolute atomic E-state index is 0.0162. The molecule has 3 nitrogen and oxygen atoms in total. The zero-order valence-electron chi connectivity index (χ0n) is 12.1. The van der Waals surface area contributed by atoms with Gasteiger partial charge < -0.3 is 4.57 Å². The molecule has 0 bridgehead atoms. The van der Waals surface area contributed by atoms with E-state index < -0.39 is 0 Å². The van der Waals surface area contributed by atoms with Gasteiger partial charge in [0.2, 0.25) is 0 Å². The third-order valence-corrected chi connectivity index (χ3v) is 3.38. The molecule has 0 saturated carbocycles. The smallest absolute Gasteiger partial charge is 0.166 e. The Morgan fingerprint density at radius 3 is 2.70 bits per heavy atom. The number of aromatic nitrogens is 1. The van der Waals surface area contributed by atoms with Gasteiger partial charge in [0.05, 0.1) is 11.6 Å². The Balaban J connectivity index is 2.19. The van der Waals surface area contributed by atoms with Gasteiger partial charge in [0.15, 0.2) is 5.78 Å². The lowest BCUT2D eigenvalue weighted by molar-refractivity contribution is 0.0939. The molecule has 0 aliphatic rings. The van der Waals surface area contributed by atoms with Gasteiger partial charge >= 0.3 is 0 Å². The molecule has 0 radical (unpaired) electrons. The average molecular weight is 266 g/mol. The number of nitriles is 1. The molecule has 0 saturated heterocycles. The van der Waals surface area contributed by atoms with Crippen LogP contribution in [0.15, 0.2) is 36.7 Å². The Labute approximate surface area is 119 Å². The molecule has 0 atom stereocenters. The van der Waals surface area contributed by atoms with Crippen LogP contribution in [0.3, 0.4) is 0 Å². The Kier molecular flexibility index (Phi) is 4.05. The summed E-state index contributed by atoms with van der Waals surface area (Å²) in [5, 5.41) is 8.87. The Morgan fingerprint density at radius 1 is 1.35 bits per heavy atom. The zero-order chi connectivity index (χ0) is 14.7. The van der Waals surface area contributed by atoms with E-state index in [4.69, 9.17) is 5.26 Å². The average Bonchev–Trinajstić information content (AvgIpc) is 2.88. The molecule has 1 aromatic carbocycles. The monoisotopic (exact) mass is 266 g/mol. The Morgan fingerprint density at radius 2 is 2.10 bits per heavy atom. The van der Waals surface area contributed by atoms with E-state index >= 15 is 0 Å². The molecule has 0 unspecified atom stereocenters. The normalized spacial score (nSPS) is 10.6. The second-order valence-electron chi connectivity index (χ2n) is 5.34. The molecule has 0 amide bonds. The number of nitrogens with zero attached hydrogens (tertiary/aromatic N) is 2. The lowest BCUT2D eigenvalue weighted by Crippen LogP contribution is -2.06. The first-order chi connectivity index (χ1) is 9.51. The van der Waals surface area contributed by atoms with Gasteiger partial charge in [-0.3, -0.25) is 4.79 Å². The molecule has 1 aromatic heterocycles. The van der Waals surface area contributed by atoms with Crippen molar-refractivity contribution in [3.05, 3.63) is 58.9 Å². The largest absolute Gasteiger partial charge is 0.349 e. The van der Waals surface area contributed by atoms with Crippen LogP contribution >= 0.6 is 0 Å². The van der Waals surface area contributed by atoms with Crippen molar-refractivity contribution in [2.45, 2.75) is 27.3 Å². The van der Waals surface area contributed by atoms with Crippen molar-refractivity contribution in [3.8, 4) is 6.07 Å². The maximum Gasteiger partial charge on any atom is 0.166 e. The summed E-state index contributed by atoms with van der Waals surface area (Å²) < 4.78 is 2.00. The summed E-state index contributed by atoms with van der Waals surface area (Å²) >= 11 is 0. The maximum atomic E-state index is 11.9. The Bertz CT molecular complexity index is 675. The molecule has 1 heterocycles. The SMILES string of the molecule is Cc1cc(C#N)ccc1Cn1ccc(C(=O)C(C)C)c1.